The van der Waals surface area contributed by atoms with Gasteiger partial charge in [0.2, 0.25) is 0 Å². The maximum absolute atomic E-state index is 4.52. The summed E-state index contributed by atoms with van der Waals surface area (Å²) >= 11 is 0. The Kier molecular flexibility index (Phi) is 4.10. The number of hydrogen-bond acceptors (Lipinski definition) is 3. The lowest BCUT2D eigenvalue weighted by Crippen LogP contribution is -2.18. The van der Waals surface area contributed by atoms with Crippen LogP contribution in [0.1, 0.15) is 44.1 Å². The van der Waals surface area contributed by atoms with Crippen LogP contribution < -0.4 is 5.32 Å². The molecule has 0 fully saturated rings. The van der Waals surface area contributed by atoms with Crippen molar-refractivity contribution in [2.75, 3.05) is 0 Å². The zero-order valence-electron chi connectivity index (χ0n) is 11.2. The highest BCUT2D eigenvalue weighted by molar-refractivity contribution is 5.14. The van der Waals surface area contributed by atoms with Crippen LogP contribution >= 0.6 is 0 Å². The van der Waals surface area contributed by atoms with Gasteiger partial charge in [0, 0.05) is 37.2 Å². The van der Waals surface area contributed by atoms with Crippen LogP contribution in [0.5, 0.6) is 0 Å². The maximum atomic E-state index is 4.52. The second-order valence-corrected chi connectivity index (χ2v) is 4.76. The summed E-state index contributed by atoms with van der Waals surface area (Å²) in [4.78, 5) is 4.03. The Hall–Kier alpha value is -1.68. The Morgan fingerprint density at radius 1 is 1.17 bits per heavy atom. The number of pyridine rings is 1. The van der Waals surface area contributed by atoms with E-state index in [1.807, 2.05) is 35.4 Å². The molecule has 2 aromatic rings. The first-order valence-electron chi connectivity index (χ1n) is 6.34. The predicted molar refractivity (Wildman–Crippen MR) is 72.1 cm³/mol. The van der Waals surface area contributed by atoms with Crippen molar-refractivity contribution < 1.29 is 0 Å². The molecule has 0 aliphatic rings. The summed E-state index contributed by atoms with van der Waals surface area (Å²) in [6.07, 6.45) is 5.67. The Bertz CT molecular complexity index is 476. The van der Waals surface area contributed by atoms with Gasteiger partial charge in [-0.1, -0.05) is 0 Å². The molecule has 2 aromatic heterocycles. The zero-order chi connectivity index (χ0) is 13.0. The average Bonchev–Trinajstić information content (AvgIpc) is 2.86. The van der Waals surface area contributed by atoms with E-state index in [1.54, 1.807) is 0 Å². The normalized spacial score (nSPS) is 12.9. The van der Waals surface area contributed by atoms with Gasteiger partial charge in [-0.25, -0.2) is 0 Å². The number of hydrogen-bond donors (Lipinski definition) is 1. The third-order valence-electron chi connectivity index (χ3n) is 2.99. The Morgan fingerprint density at radius 2 is 1.89 bits per heavy atom. The van der Waals surface area contributed by atoms with Crippen LogP contribution in [0.3, 0.4) is 0 Å². The second kappa shape index (κ2) is 5.78. The Morgan fingerprint density at radius 3 is 2.50 bits per heavy atom. The first kappa shape index (κ1) is 12.8. The highest BCUT2D eigenvalue weighted by Gasteiger charge is 2.06. The SMILES string of the molecule is CC(NCc1ccn(C(C)C)n1)c1ccncc1. The van der Waals surface area contributed by atoms with Crippen LogP contribution in [0.15, 0.2) is 36.8 Å². The van der Waals surface area contributed by atoms with Gasteiger partial charge in [0.1, 0.15) is 0 Å². The molecule has 4 heteroatoms. The van der Waals surface area contributed by atoms with Gasteiger partial charge in [0.15, 0.2) is 0 Å². The van der Waals surface area contributed by atoms with Crippen molar-refractivity contribution in [3.8, 4) is 0 Å². The van der Waals surface area contributed by atoms with Crippen LogP contribution in [-0.2, 0) is 6.54 Å². The van der Waals surface area contributed by atoms with Crippen molar-refractivity contribution in [2.24, 2.45) is 0 Å². The first-order valence-corrected chi connectivity index (χ1v) is 6.34. The van der Waals surface area contributed by atoms with E-state index >= 15 is 0 Å². The monoisotopic (exact) mass is 244 g/mol. The molecule has 0 radical (unpaired) electrons. The topological polar surface area (TPSA) is 42.7 Å². The van der Waals surface area contributed by atoms with Gasteiger partial charge in [-0.2, -0.15) is 5.10 Å². The van der Waals surface area contributed by atoms with Crippen LogP contribution in [-0.4, -0.2) is 14.8 Å². The van der Waals surface area contributed by atoms with Crippen LogP contribution in [0, 0.1) is 0 Å². The third-order valence-corrected chi connectivity index (χ3v) is 2.99. The van der Waals surface area contributed by atoms with E-state index in [1.165, 1.54) is 5.56 Å². The van der Waals surface area contributed by atoms with Crippen molar-refractivity contribution in [3.05, 3.63) is 48.0 Å². The van der Waals surface area contributed by atoms with E-state index in [2.05, 4.69) is 42.2 Å². The molecule has 0 saturated heterocycles. The maximum Gasteiger partial charge on any atom is 0.0762 e. The van der Waals surface area contributed by atoms with Crippen LogP contribution in [0.2, 0.25) is 0 Å². The summed E-state index contributed by atoms with van der Waals surface area (Å²) in [5.74, 6) is 0. The number of rotatable bonds is 5. The van der Waals surface area contributed by atoms with Crippen LogP contribution in [0.25, 0.3) is 0 Å². The molecule has 96 valence electrons. The van der Waals surface area contributed by atoms with Crippen molar-refractivity contribution >= 4 is 0 Å². The van der Waals surface area contributed by atoms with E-state index < -0.39 is 0 Å². The summed E-state index contributed by atoms with van der Waals surface area (Å²) in [5.41, 5.74) is 2.32. The van der Waals surface area contributed by atoms with Crippen molar-refractivity contribution in [1.82, 2.24) is 20.1 Å². The molecular formula is C14H20N4. The van der Waals surface area contributed by atoms with Gasteiger partial charge in [-0.3, -0.25) is 9.67 Å². The molecule has 2 rings (SSSR count). The molecule has 2 heterocycles. The molecule has 1 N–H and O–H groups in total. The summed E-state index contributed by atoms with van der Waals surface area (Å²) in [5, 5.41) is 7.98. The molecule has 18 heavy (non-hydrogen) atoms. The smallest absolute Gasteiger partial charge is 0.0762 e. The van der Waals surface area contributed by atoms with Crippen molar-refractivity contribution in [2.45, 2.75) is 39.4 Å². The first-order chi connectivity index (χ1) is 8.66. The van der Waals surface area contributed by atoms with E-state index in [0.29, 0.717) is 12.1 Å². The van der Waals surface area contributed by atoms with Gasteiger partial charge in [-0.15, -0.1) is 0 Å². The fourth-order valence-corrected chi connectivity index (χ4v) is 1.79. The standard InChI is InChI=1S/C14H20N4/c1-11(2)18-9-6-14(17-18)10-16-12(3)13-4-7-15-8-5-13/h4-9,11-12,16H,10H2,1-3H3. The largest absolute Gasteiger partial charge is 0.304 e. The Balaban J connectivity index is 1.91. The van der Waals surface area contributed by atoms with E-state index in [0.717, 1.165) is 12.2 Å². The van der Waals surface area contributed by atoms with Crippen molar-refractivity contribution in [3.63, 3.8) is 0 Å². The lowest BCUT2D eigenvalue weighted by atomic mass is 10.1. The second-order valence-electron chi connectivity index (χ2n) is 4.76. The highest BCUT2D eigenvalue weighted by atomic mass is 15.3. The Labute approximate surface area is 108 Å². The van der Waals surface area contributed by atoms with E-state index in [4.69, 9.17) is 0 Å². The third kappa shape index (κ3) is 3.17. The summed E-state index contributed by atoms with van der Waals surface area (Å²) < 4.78 is 1.98. The molecule has 0 bridgehead atoms. The number of nitrogens with zero attached hydrogens (tertiary/aromatic N) is 3. The minimum atomic E-state index is 0.303. The summed E-state index contributed by atoms with van der Waals surface area (Å²) in [6, 6.07) is 6.84. The lowest BCUT2D eigenvalue weighted by molar-refractivity contribution is 0.512. The van der Waals surface area contributed by atoms with Gasteiger partial charge >= 0.3 is 0 Å². The predicted octanol–water partition coefficient (Wildman–Crippen LogP) is 2.71. The molecule has 0 spiro atoms. The molecule has 0 aromatic carbocycles. The zero-order valence-corrected chi connectivity index (χ0v) is 11.2. The average molecular weight is 244 g/mol. The van der Waals surface area contributed by atoms with Gasteiger partial charge < -0.3 is 5.32 Å². The number of aromatic nitrogens is 3. The summed E-state index contributed by atoms with van der Waals surface area (Å²) in [6.45, 7) is 7.19. The fourth-order valence-electron chi connectivity index (χ4n) is 1.79. The molecule has 0 aliphatic carbocycles. The quantitative estimate of drug-likeness (QED) is 0.879. The molecular weight excluding hydrogens is 224 g/mol. The minimum Gasteiger partial charge on any atom is -0.304 e. The molecule has 1 unspecified atom stereocenters. The summed E-state index contributed by atoms with van der Waals surface area (Å²) in [7, 11) is 0. The molecule has 0 amide bonds. The van der Waals surface area contributed by atoms with Gasteiger partial charge in [-0.05, 0) is 44.5 Å². The highest BCUT2D eigenvalue weighted by Crippen LogP contribution is 2.11. The fraction of sp³-hybridized carbons (Fsp3) is 0.429. The van der Waals surface area contributed by atoms with E-state index in [9.17, 15) is 0 Å². The van der Waals surface area contributed by atoms with Gasteiger partial charge in [0.05, 0.1) is 5.69 Å². The lowest BCUT2D eigenvalue weighted by Gasteiger charge is -2.12. The number of nitrogens with one attached hydrogen (secondary N) is 1. The molecule has 0 aliphatic heterocycles. The van der Waals surface area contributed by atoms with E-state index in [-0.39, 0.29) is 0 Å². The minimum absolute atomic E-state index is 0.303. The molecule has 0 saturated carbocycles. The van der Waals surface area contributed by atoms with Crippen LogP contribution in [0.4, 0.5) is 0 Å². The molecule has 1 atom stereocenters. The van der Waals surface area contributed by atoms with Crippen molar-refractivity contribution in [1.29, 1.82) is 0 Å². The van der Waals surface area contributed by atoms with Gasteiger partial charge in [0.25, 0.3) is 0 Å². The molecule has 4 nitrogen and oxygen atoms in total.